The van der Waals surface area contributed by atoms with Crippen LogP contribution in [0.4, 0.5) is 0 Å². The van der Waals surface area contributed by atoms with Crippen molar-refractivity contribution in [2.24, 2.45) is 5.73 Å². The molecule has 20 heavy (non-hydrogen) atoms. The SMILES string of the molecule is NC(=S)c1cncc(Oc2ccc3ccccc3c2)n1. The number of aromatic nitrogens is 2. The molecule has 0 unspecified atom stereocenters. The molecule has 3 aromatic rings. The molecule has 5 heteroatoms. The first-order valence-corrected chi connectivity index (χ1v) is 6.42. The molecule has 1 heterocycles. The average Bonchev–Trinajstić information content (AvgIpc) is 2.47. The van der Waals surface area contributed by atoms with Gasteiger partial charge < -0.3 is 10.5 Å². The van der Waals surface area contributed by atoms with Crippen LogP contribution in [0.15, 0.2) is 54.9 Å². The lowest BCUT2D eigenvalue weighted by molar-refractivity contribution is 0.460. The summed E-state index contributed by atoms with van der Waals surface area (Å²) in [6.07, 6.45) is 3.03. The van der Waals surface area contributed by atoms with Gasteiger partial charge in [-0.1, -0.05) is 42.5 Å². The number of rotatable bonds is 3. The number of hydrogen-bond acceptors (Lipinski definition) is 4. The molecular formula is C15H11N3OS. The first-order valence-electron chi connectivity index (χ1n) is 6.01. The van der Waals surface area contributed by atoms with Crippen LogP contribution in [-0.4, -0.2) is 15.0 Å². The number of ether oxygens (including phenoxy) is 1. The molecule has 98 valence electrons. The third-order valence-electron chi connectivity index (χ3n) is 2.81. The van der Waals surface area contributed by atoms with E-state index in [1.165, 1.54) is 12.4 Å². The highest BCUT2D eigenvalue weighted by Crippen LogP contribution is 2.24. The average molecular weight is 281 g/mol. The highest BCUT2D eigenvalue weighted by molar-refractivity contribution is 7.80. The number of thiocarbonyl (C=S) groups is 1. The van der Waals surface area contributed by atoms with Crippen molar-refractivity contribution >= 4 is 28.0 Å². The van der Waals surface area contributed by atoms with Crippen molar-refractivity contribution in [2.75, 3.05) is 0 Å². The van der Waals surface area contributed by atoms with E-state index in [-0.39, 0.29) is 4.99 Å². The summed E-state index contributed by atoms with van der Waals surface area (Å²) in [7, 11) is 0. The molecule has 2 N–H and O–H groups in total. The number of nitrogens with zero attached hydrogens (tertiary/aromatic N) is 2. The Morgan fingerprint density at radius 2 is 1.85 bits per heavy atom. The van der Waals surface area contributed by atoms with Gasteiger partial charge in [0.05, 0.1) is 12.4 Å². The van der Waals surface area contributed by atoms with Gasteiger partial charge in [0.25, 0.3) is 0 Å². The van der Waals surface area contributed by atoms with Crippen LogP contribution >= 0.6 is 12.2 Å². The molecule has 0 radical (unpaired) electrons. The Balaban J connectivity index is 1.92. The second-order valence-corrected chi connectivity index (χ2v) is 4.66. The quantitative estimate of drug-likeness (QED) is 0.748. The molecule has 0 aliphatic heterocycles. The van der Waals surface area contributed by atoms with Crippen LogP contribution in [0.5, 0.6) is 11.6 Å². The molecule has 1 aromatic heterocycles. The lowest BCUT2D eigenvalue weighted by Crippen LogP contribution is -2.12. The van der Waals surface area contributed by atoms with E-state index in [0.29, 0.717) is 17.3 Å². The lowest BCUT2D eigenvalue weighted by atomic mass is 10.1. The molecule has 0 aliphatic rings. The van der Waals surface area contributed by atoms with Crippen molar-refractivity contribution in [3.8, 4) is 11.6 Å². The van der Waals surface area contributed by atoms with Gasteiger partial charge in [0.15, 0.2) is 0 Å². The highest BCUT2D eigenvalue weighted by Gasteiger charge is 2.04. The molecular weight excluding hydrogens is 270 g/mol. The molecule has 0 bridgehead atoms. The van der Waals surface area contributed by atoms with Crippen LogP contribution < -0.4 is 10.5 Å². The van der Waals surface area contributed by atoms with Gasteiger partial charge in [0.2, 0.25) is 5.88 Å². The van der Waals surface area contributed by atoms with E-state index in [4.69, 9.17) is 22.7 Å². The Morgan fingerprint density at radius 1 is 1.05 bits per heavy atom. The van der Waals surface area contributed by atoms with Crippen molar-refractivity contribution in [1.82, 2.24) is 9.97 Å². The van der Waals surface area contributed by atoms with E-state index in [1.54, 1.807) is 0 Å². The van der Waals surface area contributed by atoms with Gasteiger partial charge in [0, 0.05) is 0 Å². The second kappa shape index (κ2) is 5.22. The minimum atomic E-state index is 0.196. The fourth-order valence-corrected chi connectivity index (χ4v) is 1.97. The minimum absolute atomic E-state index is 0.196. The summed E-state index contributed by atoms with van der Waals surface area (Å²) in [5.74, 6) is 1.06. The third kappa shape index (κ3) is 2.57. The van der Waals surface area contributed by atoms with Gasteiger partial charge in [0.1, 0.15) is 16.4 Å². The van der Waals surface area contributed by atoms with Crippen LogP contribution in [-0.2, 0) is 0 Å². The smallest absolute Gasteiger partial charge is 0.238 e. The number of benzene rings is 2. The predicted molar refractivity (Wildman–Crippen MR) is 81.9 cm³/mol. The van der Waals surface area contributed by atoms with Crippen molar-refractivity contribution in [3.05, 3.63) is 60.6 Å². The molecule has 0 amide bonds. The Labute approximate surface area is 121 Å². The standard InChI is InChI=1S/C15H11N3OS/c16-15(20)13-8-17-9-14(18-13)19-12-6-5-10-3-1-2-4-11(10)7-12/h1-9H,(H2,16,20). The summed E-state index contributed by atoms with van der Waals surface area (Å²) in [5.41, 5.74) is 5.97. The molecule has 0 saturated heterocycles. The largest absolute Gasteiger partial charge is 0.437 e. The first kappa shape index (κ1) is 12.5. The van der Waals surface area contributed by atoms with E-state index in [0.717, 1.165) is 10.8 Å². The summed E-state index contributed by atoms with van der Waals surface area (Å²) in [4.78, 5) is 8.40. The topological polar surface area (TPSA) is 61.0 Å². The van der Waals surface area contributed by atoms with Crippen molar-refractivity contribution in [3.63, 3.8) is 0 Å². The van der Waals surface area contributed by atoms with Gasteiger partial charge in [-0.3, -0.25) is 4.98 Å². The van der Waals surface area contributed by atoms with Crippen molar-refractivity contribution in [2.45, 2.75) is 0 Å². The fraction of sp³-hybridized carbons (Fsp3) is 0. The van der Waals surface area contributed by atoms with Crippen molar-refractivity contribution in [1.29, 1.82) is 0 Å². The van der Waals surface area contributed by atoms with E-state index in [2.05, 4.69) is 9.97 Å². The van der Waals surface area contributed by atoms with Gasteiger partial charge in [-0.25, -0.2) is 4.98 Å². The van der Waals surface area contributed by atoms with E-state index in [1.807, 2.05) is 42.5 Å². The normalized spacial score (nSPS) is 10.4. The Kier molecular flexibility index (Phi) is 3.26. The second-order valence-electron chi connectivity index (χ2n) is 4.22. The zero-order valence-corrected chi connectivity index (χ0v) is 11.3. The third-order valence-corrected chi connectivity index (χ3v) is 3.02. The molecule has 0 spiro atoms. The number of fused-ring (bicyclic) bond motifs is 1. The number of nitrogens with two attached hydrogens (primary N) is 1. The summed E-state index contributed by atoms with van der Waals surface area (Å²) in [5, 5.41) is 2.26. The first-order chi connectivity index (χ1) is 9.72. The maximum Gasteiger partial charge on any atom is 0.238 e. The zero-order valence-electron chi connectivity index (χ0n) is 10.5. The van der Waals surface area contributed by atoms with Gasteiger partial charge in [-0.05, 0) is 22.9 Å². The van der Waals surface area contributed by atoms with Crippen LogP contribution in [0.1, 0.15) is 5.69 Å². The zero-order chi connectivity index (χ0) is 13.9. The summed E-state index contributed by atoms with van der Waals surface area (Å²) < 4.78 is 5.69. The monoisotopic (exact) mass is 281 g/mol. The predicted octanol–water partition coefficient (Wildman–Crippen LogP) is 3.06. The van der Waals surface area contributed by atoms with Gasteiger partial charge in [-0.2, -0.15) is 0 Å². The van der Waals surface area contributed by atoms with E-state index >= 15 is 0 Å². The molecule has 0 atom stereocenters. The fourth-order valence-electron chi connectivity index (χ4n) is 1.87. The van der Waals surface area contributed by atoms with Crippen LogP contribution in [0, 0.1) is 0 Å². The summed E-state index contributed by atoms with van der Waals surface area (Å²) in [6, 6.07) is 13.9. The van der Waals surface area contributed by atoms with Crippen LogP contribution in [0.3, 0.4) is 0 Å². The maximum absolute atomic E-state index is 5.69. The minimum Gasteiger partial charge on any atom is -0.437 e. The maximum atomic E-state index is 5.69. The Hall–Kier alpha value is -2.53. The Morgan fingerprint density at radius 3 is 2.65 bits per heavy atom. The summed E-state index contributed by atoms with van der Waals surface area (Å²) in [6.45, 7) is 0. The van der Waals surface area contributed by atoms with Gasteiger partial charge >= 0.3 is 0 Å². The van der Waals surface area contributed by atoms with Crippen molar-refractivity contribution < 1.29 is 4.74 Å². The van der Waals surface area contributed by atoms with Crippen LogP contribution in [0.25, 0.3) is 10.8 Å². The van der Waals surface area contributed by atoms with Crippen LogP contribution in [0.2, 0.25) is 0 Å². The Bertz CT molecular complexity index is 789. The number of hydrogen-bond donors (Lipinski definition) is 1. The lowest BCUT2D eigenvalue weighted by Gasteiger charge is -2.06. The summed E-state index contributed by atoms with van der Waals surface area (Å²) >= 11 is 4.87. The molecule has 4 nitrogen and oxygen atoms in total. The highest BCUT2D eigenvalue weighted by atomic mass is 32.1. The molecule has 2 aromatic carbocycles. The molecule has 3 rings (SSSR count). The molecule has 0 aliphatic carbocycles. The van der Waals surface area contributed by atoms with E-state index < -0.39 is 0 Å². The van der Waals surface area contributed by atoms with Gasteiger partial charge in [-0.15, -0.1) is 0 Å². The molecule has 0 fully saturated rings. The molecule has 0 saturated carbocycles. The van der Waals surface area contributed by atoms with E-state index in [9.17, 15) is 0 Å².